The number of thiophene rings is 1. The van der Waals surface area contributed by atoms with E-state index in [-0.39, 0.29) is 0 Å². The molecule has 0 aliphatic carbocycles. The van der Waals surface area contributed by atoms with Gasteiger partial charge in [-0.15, -0.1) is 11.3 Å². The first-order valence-corrected chi connectivity index (χ1v) is 11.7. The first-order chi connectivity index (χ1) is 14.6. The van der Waals surface area contributed by atoms with Gasteiger partial charge in [0.05, 0.1) is 6.54 Å². The van der Waals surface area contributed by atoms with Gasteiger partial charge in [0.25, 0.3) is 0 Å². The van der Waals surface area contributed by atoms with Gasteiger partial charge in [-0.05, 0) is 30.9 Å². The van der Waals surface area contributed by atoms with E-state index < -0.39 is 5.60 Å². The van der Waals surface area contributed by atoms with E-state index in [2.05, 4.69) is 62.7 Å². The second-order valence-electron chi connectivity index (χ2n) is 7.98. The maximum Gasteiger partial charge on any atom is 0.191 e. The molecule has 0 bridgehead atoms. The molecule has 1 atom stereocenters. The lowest BCUT2D eigenvalue weighted by molar-refractivity contribution is 0.0711. The Bertz CT molecular complexity index is 755. The van der Waals surface area contributed by atoms with Crippen LogP contribution in [0.25, 0.3) is 0 Å². The van der Waals surface area contributed by atoms with Crippen molar-refractivity contribution in [2.45, 2.75) is 26.0 Å². The molecule has 0 amide bonds. The van der Waals surface area contributed by atoms with Crippen LogP contribution in [0, 0.1) is 0 Å². The molecule has 1 aromatic carbocycles. The summed E-state index contributed by atoms with van der Waals surface area (Å²) in [5.74, 6) is 0.761. The van der Waals surface area contributed by atoms with Crippen molar-refractivity contribution >= 4 is 17.3 Å². The van der Waals surface area contributed by atoms with Crippen LogP contribution in [0.3, 0.4) is 0 Å². The van der Waals surface area contributed by atoms with Crippen LogP contribution in [0.2, 0.25) is 0 Å². The number of hydrogen-bond donors (Lipinski definition) is 3. The summed E-state index contributed by atoms with van der Waals surface area (Å²) in [7, 11) is 0. The lowest BCUT2D eigenvalue weighted by Gasteiger charge is -2.34. The number of aliphatic imine (C=N–C) groups is 1. The Labute approximate surface area is 184 Å². The van der Waals surface area contributed by atoms with Crippen molar-refractivity contribution in [2.75, 3.05) is 52.4 Å². The molecule has 0 saturated carbocycles. The zero-order valence-corrected chi connectivity index (χ0v) is 19.0. The van der Waals surface area contributed by atoms with Gasteiger partial charge in [-0.1, -0.05) is 36.4 Å². The number of nitrogens with zero attached hydrogens (tertiary/aromatic N) is 3. The molecule has 1 saturated heterocycles. The van der Waals surface area contributed by atoms with Crippen LogP contribution in [0.4, 0.5) is 0 Å². The van der Waals surface area contributed by atoms with Crippen LogP contribution in [0.15, 0.2) is 52.8 Å². The van der Waals surface area contributed by atoms with Gasteiger partial charge in [-0.2, -0.15) is 0 Å². The Hall–Kier alpha value is -1.93. The summed E-state index contributed by atoms with van der Waals surface area (Å²) in [6.45, 7) is 12.3. The number of nitrogens with one attached hydrogen (secondary N) is 2. The summed E-state index contributed by atoms with van der Waals surface area (Å²) in [4.78, 5) is 10.6. The molecule has 1 aromatic heterocycles. The lowest BCUT2D eigenvalue weighted by atomic mass is 10.1. The van der Waals surface area contributed by atoms with Gasteiger partial charge in [0.1, 0.15) is 5.60 Å². The topological polar surface area (TPSA) is 63.1 Å². The quantitative estimate of drug-likeness (QED) is 0.422. The fourth-order valence-corrected chi connectivity index (χ4v) is 4.36. The first-order valence-electron chi connectivity index (χ1n) is 10.8. The zero-order valence-electron chi connectivity index (χ0n) is 18.2. The highest BCUT2D eigenvalue weighted by atomic mass is 32.1. The van der Waals surface area contributed by atoms with Crippen molar-refractivity contribution in [2.24, 2.45) is 4.99 Å². The van der Waals surface area contributed by atoms with Crippen LogP contribution in [-0.2, 0) is 12.1 Å². The molecule has 1 unspecified atom stereocenters. The summed E-state index contributed by atoms with van der Waals surface area (Å²) < 4.78 is 0. The maximum atomic E-state index is 10.7. The number of rotatable bonds is 9. The predicted octanol–water partition coefficient (Wildman–Crippen LogP) is 2.33. The zero-order chi connectivity index (χ0) is 21.2. The van der Waals surface area contributed by atoms with Crippen LogP contribution < -0.4 is 10.6 Å². The minimum absolute atomic E-state index is 0.334. The molecule has 3 rings (SSSR count). The first kappa shape index (κ1) is 22.7. The van der Waals surface area contributed by atoms with E-state index in [0.29, 0.717) is 6.54 Å². The molecule has 6 nitrogen and oxygen atoms in total. The largest absolute Gasteiger partial charge is 0.383 e. The molecule has 164 valence electrons. The van der Waals surface area contributed by atoms with E-state index in [0.717, 1.165) is 63.2 Å². The Morgan fingerprint density at radius 1 is 1.07 bits per heavy atom. The fourth-order valence-electron chi connectivity index (χ4n) is 3.58. The van der Waals surface area contributed by atoms with E-state index in [9.17, 15) is 5.11 Å². The van der Waals surface area contributed by atoms with Crippen LogP contribution in [-0.4, -0.2) is 73.2 Å². The molecule has 1 fully saturated rings. The molecular weight excluding hydrogens is 394 g/mol. The lowest BCUT2D eigenvalue weighted by Crippen LogP contribution is -2.49. The minimum Gasteiger partial charge on any atom is -0.383 e. The Morgan fingerprint density at radius 3 is 2.47 bits per heavy atom. The number of guanidine groups is 1. The van der Waals surface area contributed by atoms with Gasteiger partial charge < -0.3 is 15.7 Å². The molecule has 1 aliphatic heterocycles. The molecule has 1 aliphatic rings. The van der Waals surface area contributed by atoms with Crippen molar-refractivity contribution in [3.63, 3.8) is 0 Å². The molecule has 30 heavy (non-hydrogen) atoms. The van der Waals surface area contributed by atoms with E-state index in [1.54, 1.807) is 11.3 Å². The van der Waals surface area contributed by atoms with Crippen molar-refractivity contribution < 1.29 is 5.11 Å². The average Bonchev–Trinajstić information content (AvgIpc) is 3.30. The Morgan fingerprint density at radius 2 is 1.80 bits per heavy atom. The third kappa shape index (κ3) is 7.09. The van der Waals surface area contributed by atoms with Crippen molar-refractivity contribution in [3.8, 4) is 0 Å². The Kier molecular flexibility index (Phi) is 8.69. The molecule has 2 aromatic rings. The summed E-state index contributed by atoms with van der Waals surface area (Å²) >= 11 is 1.56. The number of aliphatic hydroxyl groups is 1. The van der Waals surface area contributed by atoms with Gasteiger partial charge in [-0.3, -0.25) is 9.80 Å². The normalized spacial score (nSPS) is 18.2. The highest BCUT2D eigenvalue weighted by Crippen LogP contribution is 2.25. The van der Waals surface area contributed by atoms with Crippen molar-refractivity contribution in [1.29, 1.82) is 0 Å². The maximum absolute atomic E-state index is 10.7. The highest BCUT2D eigenvalue weighted by molar-refractivity contribution is 7.10. The Balaban J connectivity index is 1.39. The smallest absolute Gasteiger partial charge is 0.191 e. The number of piperazine rings is 1. The summed E-state index contributed by atoms with van der Waals surface area (Å²) in [6.07, 6.45) is 0. The molecule has 2 heterocycles. The summed E-state index contributed by atoms with van der Waals surface area (Å²) in [5, 5.41) is 19.4. The third-order valence-corrected chi connectivity index (χ3v) is 6.50. The van der Waals surface area contributed by atoms with Crippen molar-refractivity contribution in [1.82, 2.24) is 20.4 Å². The van der Waals surface area contributed by atoms with Crippen LogP contribution >= 0.6 is 11.3 Å². The second-order valence-corrected chi connectivity index (χ2v) is 8.92. The standard InChI is InChI=1S/C23H35N5OS/c1-3-24-22(26-19-23(2,29)21-10-7-17-30-21)25-11-12-27-13-15-28(16-14-27)18-20-8-5-4-6-9-20/h4-10,17,29H,3,11-16,18-19H2,1-2H3,(H2,24,25,26). The van der Waals surface area contributed by atoms with Gasteiger partial charge in [0, 0.05) is 57.2 Å². The molecule has 7 heteroatoms. The SMILES string of the molecule is CCNC(=NCC(C)(O)c1cccs1)NCCN1CCN(Cc2ccccc2)CC1. The second kappa shape index (κ2) is 11.5. The van der Waals surface area contributed by atoms with Gasteiger partial charge in [0.2, 0.25) is 0 Å². The van der Waals surface area contributed by atoms with E-state index in [1.165, 1.54) is 5.56 Å². The van der Waals surface area contributed by atoms with E-state index in [4.69, 9.17) is 0 Å². The van der Waals surface area contributed by atoms with E-state index in [1.807, 2.05) is 24.4 Å². The molecule has 0 spiro atoms. The van der Waals surface area contributed by atoms with Gasteiger partial charge >= 0.3 is 0 Å². The molecule has 3 N–H and O–H groups in total. The number of benzene rings is 1. The highest BCUT2D eigenvalue weighted by Gasteiger charge is 2.24. The summed E-state index contributed by atoms with van der Waals surface area (Å²) in [6, 6.07) is 14.6. The number of hydrogen-bond acceptors (Lipinski definition) is 5. The minimum atomic E-state index is -0.939. The van der Waals surface area contributed by atoms with Gasteiger partial charge in [-0.25, -0.2) is 4.99 Å². The van der Waals surface area contributed by atoms with Crippen molar-refractivity contribution in [3.05, 3.63) is 58.3 Å². The van der Waals surface area contributed by atoms with E-state index >= 15 is 0 Å². The fraction of sp³-hybridized carbons (Fsp3) is 0.522. The third-order valence-electron chi connectivity index (χ3n) is 5.38. The molecule has 0 radical (unpaired) electrons. The monoisotopic (exact) mass is 429 g/mol. The predicted molar refractivity (Wildman–Crippen MR) is 126 cm³/mol. The van der Waals surface area contributed by atoms with Gasteiger partial charge in [0.15, 0.2) is 5.96 Å². The van der Waals surface area contributed by atoms with Crippen LogP contribution in [0.1, 0.15) is 24.3 Å². The average molecular weight is 430 g/mol. The molecular formula is C23H35N5OS. The summed E-state index contributed by atoms with van der Waals surface area (Å²) in [5.41, 5.74) is 0.448. The van der Waals surface area contributed by atoms with Crippen LogP contribution in [0.5, 0.6) is 0 Å².